The predicted octanol–water partition coefficient (Wildman–Crippen LogP) is 5.71. The Morgan fingerprint density at radius 2 is 1.56 bits per heavy atom. The van der Waals surface area contributed by atoms with Crippen LogP contribution in [0.3, 0.4) is 0 Å². The fraction of sp³-hybridized carbons (Fsp3) is 0.0435. The summed E-state index contributed by atoms with van der Waals surface area (Å²) in [6.07, 6.45) is 2.95. The molecule has 0 aliphatic carbocycles. The molecule has 3 aromatic carbocycles. The molecule has 3 aromatic rings. The molecule has 0 fully saturated rings. The molecule has 0 spiro atoms. The van der Waals surface area contributed by atoms with Crippen LogP contribution in [0.1, 0.15) is 21.5 Å². The van der Waals surface area contributed by atoms with Gasteiger partial charge in [0.05, 0.1) is 4.90 Å². The Labute approximate surface area is 195 Å². The largest absolute Gasteiger partial charge is 0.333 e. The van der Waals surface area contributed by atoms with Crippen molar-refractivity contribution in [1.82, 2.24) is 4.72 Å². The van der Waals surface area contributed by atoms with E-state index in [1.807, 2.05) is 11.6 Å². The molecule has 0 heterocycles. The number of rotatable bonds is 6. The van der Waals surface area contributed by atoms with Gasteiger partial charge in [0.1, 0.15) is 0 Å². The van der Waals surface area contributed by atoms with E-state index in [0.29, 0.717) is 26.9 Å². The lowest BCUT2D eigenvalue weighted by Crippen LogP contribution is -2.34. The first kappa shape index (κ1) is 23.5. The second kappa shape index (κ2) is 9.99. The van der Waals surface area contributed by atoms with Crippen molar-refractivity contribution in [2.45, 2.75) is 11.8 Å². The van der Waals surface area contributed by atoms with Crippen LogP contribution in [0, 0.1) is 6.92 Å². The number of ketones is 1. The van der Waals surface area contributed by atoms with Crippen LogP contribution >= 0.6 is 23.2 Å². The molecule has 6 nitrogen and oxygen atoms in total. The highest BCUT2D eigenvalue weighted by Crippen LogP contribution is 2.22. The van der Waals surface area contributed by atoms with Gasteiger partial charge in [-0.05, 0) is 73.2 Å². The van der Waals surface area contributed by atoms with Gasteiger partial charge in [-0.15, -0.1) is 0 Å². The van der Waals surface area contributed by atoms with Crippen LogP contribution in [0.5, 0.6) is 0 Å². The number of aryl methyl sites for hydroxylation is 1. The zero-order valence-electron chi connectivity index (χ0n) is 16.8. The van der Waals surface area contributed by atoms with E-state index < -0.39 is 16.1 Å². The molecule has 9 heteroatoms. The van der Waals surface area contributed by atoms with Crippen molar-refractivity contribution in [3.63, 3.8) is 0 Å². The van der Waals surface area contributed by atoms with Crippen LogP contribution in [0.4, 0.5) is 10.5 Å². The van der Waals surface area contributed by atoms with Gasteiger partial charge >= 0.3 is 6.03 Å². The molecule has 0 saturated heterocycles. The number of hydrogen-bond donors (Lipinski definition) is 2. The van der Waals surface area contributed by atoms with E-state index in [2.05, 4.69) is 5.32 Å². The van der Waals surface area contributed by atoms with Crippen molar-refractivity contribution in [2.24, 2.45) is 0 Å². The summed E-state index contributed by atoms with van der Waals surface area (Å²) in [5.74, 6) is -0.269. The molecule has 0 atom stereocenters. The molecule has 0 saturated carbocycles. The molecule has 0 unspecified atom stereocenters. The lowest BCUT2D eigenvalue weighted by atomic mass is 10.1. The third-order valence-electron chi connectivity index (χ3n) is 4.36. The zero-order valence-corrected chi connectivity index (χ0v) is 19.1. The van der Waals surface area contributed by atoms with Crippen LogP contribution in [0.2, 0.25) is 10.0 Å². The highest BCUT2D eigenvalue weighted by molar-refractivity contribution is 7.90. The number of carbonyl (C=O) groups excluding carboxylic acids is 2. The van der Waals surface area contributed by atoms with E-state index >= 15 is 0 Å². The number of urea groups is 1. The summed E-state index contributed by atoms with van der Waals surface area (Å²) < 4.78 is 26.5. The van der Waals surface area contributed by atoms with E-state index in [1.165, 1.54) is 42.5 Å². The summed E-state index contributed by atoms with van der Waals surface area (Å²) in [5, 5.41) is 3.35. The summed E-state index contributed by atoms with van der Waals surface area (Å²) in [6, 6.07) is 16.1. The number of amides is 2. The first-order chi connectivity index (χ1) is 15.1. The lowest BCUT2D eigenvalue weighted by Gasteiger charge is -2.09. The summed E-state index contributed by atoms with van der Waals surface area (Å²) in [5.41, 5.74) is 2.25. The number of allylic oxidation sites excluding steroid dienone is 1. The van der Waals surface area contributed by atoms with E-state index in [4.69, 9.17) is 23.2 Å². The van der Waals surface area contributed by atoms with E-state index in [0.717, 1.165) is 5.56 Å². The van der Waals surface area contributed by atoms with Crippen LogP contribution in [-0.2, 0) is 10.0 Å². The normalized spacial score (nSPS) is 11.3. The second-order valence-electron chi connectivity index (χ2n) is 6.81. The van der Waals surface area contributed by atoms with Crippen molar-refractivity contribution >= 4 is 56.8 Å². The first-order valence-corrected chi connectivity index (χ1v) is 11.6. The molecule has 0 bridgehead atoms. The Morgan fingerprint density at radius 1 is 0.906 bits per heavy atom. The fourth-order valence-corrected chi connectivity index (χ4v) is 4.05. The van der Waals surface area contributed by atoms with Gasteiger partial charge in [0.15, 0.2) is 5.78 Å². The number of halogens is 2. The molecule has 164 valence electrons. The van der Waals surface area contributed by atoms with Gasteiger partial charge in [0.25, 0.3) is 10.0 Å². The van der Waals surface area contributed by atoms with Gasteiger partial charge < -0.3 is 5.32 Å². The maximum absolute atomic E-state index is 12.4. The Balaban J connectivity index is 1.62. The molecular formula is C23H18Cl2N2O4S. The number of carbonyl (C=O) groups is 2. The van der Waals surface area contributed by atoms with E-state index in [-0.39, 0.29) is 10.7 Å². The number of hydrogen-bond acceptors (Lipinski definition) is 4. The molecule has 0 aliphatic rings. The van der Waals surface area contributed by atoms with Crippen LogP contribution < -0.4 is 10.0 Å². The molecular weight excluding hydrogens is 471 g/mol. The van der Waals surface area contributed by atoms with E-state index in [9.17, 15) is 18.0 Å². The topological polar surface area (TPSA) is 92.3 Å². The van der Waals surface area contributed by atoms with Crippen LogP contribution in [0.15, 0.2) is 77.7 Å². The highest BCUT2D eigenvalue weighted by atomic mass is 35.5. The summed E-state index contributed by atoms with van der Waals surface area (Å²) in [4.78, 5) is 24.4. The Bertz CT molecular complexity index is 1290. The number of sulfonamides is 1. The maximum atomic E-state index is 12.4. The number of anilines is 1. The van der Waals surface area contributed by atoms with Crippen molar-refractivity contribution in [2.75, 3.05) is 5.32 Å². The summed E-state index contributed by atoms with van der Waals surface area (Å²) >= 11 is 11.9. The van der Waals surface area contributed by atoms with Crippen molar-refractivity contribution in [1.29, 1.82) is 0 Å². The van der Waals surface area contributed by atoms with Gasteiger partial charge in [-0.25, -0.2) is 17.9 Å². The molecule has 0 aromatic heterocycles. The third kappa shape index (κ3) is 6.20. The minimum Gasteiger partial charge on any atom is -0.307 e. The van der Waals surface area contributed by atoms with Gasteiger partial charge in [-0.3, -0.25) is 4.79 Å². The molecule has 32 heavy (non-hydrogen) atoms. The average molecular weight is 489 g/mol. The molecule has 0 radical (unpaired) electrons. The lowest BCUT2D eigenvalue weighted by molar-refractivity contribution is 0.104. The smallest absolute Gasteiger partial charge is 0.307 e. The Kier molecular flexibility index (Phi) is 7.35. The standard InChI is InChI=1S/C23H18Cl2N2O4S/c1-15-2-11-20(12-3-15)32(30,31)27-23(29)26-19-9-5-17(6-10-19)22(28)13-7-16-4-8-18(24)14-21(16)25/h2-14H,1H3,(H2,26,27,29)/b13-7+. The number of benzene rings is 3. The van der Waals surface area contributed by atoms with Gasteiger partial charge in [0.2, 0.25) is 0 Å². The summed E-state index contributed by atoms with van der Waals surface area (Å²) in [6.45, 7) is 1.83. The first-order valence-electron chi connectivity index (χ1n) is 9.32. The molecule has 2 N–H and O–H groups in total. The molecule has 0 aliphatic heterocycles. The van der Waals surface area contributed by atoms with Crippen LogP contribution in [-0.4, -0.2) is 20.2 Å². The van der Waals surface area contributed by atoms with Crippen LogP contribution in [0.25, 0.3) is 6.08 Å². The SMILES string of the molecule is Cc1ccc(S(=O)(=O)NC(=O)Nc2ccc(C(=O)/C=C/c3ccc(Cl)cc3Cl)cc2)cc1. The van der Waals surface area contributed by atoms with E-state index in [1.54, 1.807) is 36.4 Å². The Hall–Kier alpha value is -3.13. The molecule has 2 amide bonds. The second-order valence-corrected chi connectivity index (χ2v) is 9.34. The highest BCUT2D eigenvalue weighted by Gasteiger charge is 2.17. The minimum absolute atomic E-state index is 0.0215. The number of nitrogens with one attached hydrogen (secondary N) is 2. The van der Waals surface area contributed by atoms with Crippen molar-refractivity contribution in [3.8, 4) is 0 Å². The van der Waals surface area contributed by atoms with Gasteiger partial charge in [-0.2, -0.15) is 0 Å². The predicted molar refractivity (Wildman–Crippen MR) is 127 cm³/mol. The van der Waals surface area contributed by atoms with Gasteiger partial charge in [0, 0.05) is 21.3 Å². The summed E-state index contributed by atoms with van der Waals surface area (Å²) in [7, 11) is -4.00. The monoisotopic (exact) mass is 488 g/mol. The molecule has 3 rings (SSSR count). The average Bonchev–Trinajstić information content (AvgIpc) is 2.73. The van der Waals surface area contributed by atoms with Gasteiger partial charge in [-0.1, -0.05) is 47.0 Å². The fourth-order valence-electron chi connectivity index (χ4n) is 2.67. The third-order valence-corrected chi connectivity index (χ3v) is 6.27. The van der Waals surface area contributed by atoms with Crippen molar-refractivity contribution < 1.29 is 18.0 Å². The minimum atomic E-state index is -4.00. The maximum Gasteiger partial charge on any atom is 0.333 e. The van der Waals surface area contributed by atoms with Crippen molar-refractivity contribution in [3.05, 3.63) is 99.5 Å². The zero-order chi connectivity index (χ0) is 23.3. The quantitative estimate of drug-likeness (QED) is 0.343. The Morgan fingerprint density at radius 3 is 2.19 bits per heavy atom.